The van der Waals surface area contributed by atoms with Crippen molar-refractivity contribution in [2.45, 2.75) is 26.8 Å². The number of nitro benzene ring substituents is 1. The maximum atomic E-state index is 12.6. The summed E-state index contributed by atoms with van der Waals surface area (Å²) in [5, 5.41) is 13.8. The average molecular weight is 403 g/mol. The smallest absolute Gasteiger partial charge is 0.340 e. The molecule has 0 fully saturated rings. The number of anilines is 1. The highest BCUT2D eigenvalue weighted by Gasteiger charge is 2.22. The number of nitro groups is 1. The number of carbonyl (C=O) groups excluding carboxylic acids is 2. The zero-order valence-electron chi connectivity index (χ0n) is 17.1. The highest BCUT2D eigenvalue weighted by Crippen LogP contribution is 2.24. The number of ketones is 1. The fourth-order valence-electron chi connectivity index (χ4n) is 3.37. The second-order valence-corrected chi connectivity index (χ2v) is 6.70. The molecule has 9 nitrogen and oxygen atoms in total. The molecule has 29 heavy (non-hydrogen) atoms. The van der Waals surface area contributed by atoms with Crippen LogP contribution in [0.2, 0.25) is 0 Å². The quantitative estimate of drug-likeness (QED) is 0.296. The molecule has 1 atom stereocenters. The summed E-state index contributed by atoms with van der Waals surface area (Å²) in [6.45, 7) is 5.74. The number of hydrogen-bond donors (Lipinski definition) is 1. The number of non-ortho nitro benzene ring substituents is 1. The molecule has 2 rings (SSSR count). The van der Waals surface area contributed by atoms with E-state index in [9.17, 15) is 19.7 Å². The largest absolute Gasteiger partial charge is 0.454 e. The van der Waals surface area contributed by atoms with Crippen LogP contribution in [0.3, 0.4) is 0 Å². The minimum atomic E-state index is -0.812. The molecule has 0 amide bonds. The van der Waals surface area contributed by atoms with E-state index in [1.165, 1.54) is 12.1 Å². The van der Waals surface area contributed by atoms with Crippen molar-refractivity contribution in [3.8, 4) is 0 Å². The van der Waals surface area contributed by atoms with Crippen molar-refractivity contribution in [1.29, 1.82) is 0 Å². The second kappa shape index (κ2) is 9.33. The molecule has 2 aromatic rings. The Hall–Kier alpha value is -3.20. The van der Waals surface area contributed by atoms with E-state index in [4.69, 9.17) is 9.47 Å². The Morgan fingerprint density at radius 1 is 1.24 bits per heavy atom. The molecule has 1 N–H and O–H groups in total. The molecule has 0 saturated heterocycles. The number of benzene rings is 1. The molecule has 9 heteroatoms. The molecule has 0 aliphatic heterocycles. The predicted molar refractivity (Wildman–Crippen MR) is 108 cm³/mol. The van der Waals surface area contributed by atoms with E-state index in [1.54, 1.807) is 20.2 Å². The van der Waals surface area contributed by atoms with Gasteiger partial charge < -0.3 is 19.4 Å². The summed E-state index contributed by atoms with van der Waals surface area (Å²) >= 11 is 0. The molecule has 1 unspecified atom stereocenters. The predicted octanol–water partition coefficient (Wildman–Crippen LogP) is 3.30. The first-order chi connectivity index (χ1) is 13.7. The van der Waals surface area contributed by atoms with Gasteiger partial charge in [0.15, 0.2) is 6.61 Å². The number of nitrogens with one attached hydrogen (secondary N) is 1. The standard InChI is InChI=1S/C20H25N3O6/c1-12-8-16(14(3)22(12)13(2)10-28-5)19(24)11-29-20(25)17-9-15(23(26)27)6-7-18(17)21-4/h6-9,13,21H,10-11H2,1-5H3. The van der Waals surface area contributed by atoms with Gasteiger partial charge in [0.1, 0.15) is 0 Å². The monoisotopic (exact) mass is 403 g/mol. The molecule has 1 aromatic carbocycles. The molecule has 1 heterocycles. The summed E-state index contributed by atoms with van der Waals surface area (Å²) in [4.78, 5) is 35.4. The SMILES string of the molecule is CNc1ccc([N+](=O)[O-])cc1C(=O)OCC(=O)c1cc(C)n(C(C)COC)c1C. The lowest BCUT2D eigenvalue weighted by molar-refractivity contribution is -0.384. The second-order valence-electron chi connectivity index (χ2n) is 6.70. The van der Waals surface area contributed by atoms with Crippen LogP contribution in [0, 0.1) is 24.0 Å². The normalized spacial score (nSPS) is 11.8. The van der Waals surface area contributed by atoms with Gasteiger partial charge >= 0.3 is 5.97 Å². The van der Waals surface area contributed by atoms with E-state index in [-0.39, 0.29) is 23.1 Å². The summed E-state index contributed by atoms with van der Waals surface area (Å²) in [6, 6.07) is 5.62. The summed E-state index contributed by atoms with van der Waals surface area (Å²) in [5.74, 6) is -1.16. The third-order valence-corrected chi connectivity index (χ3v) is 4.67. The summed E-state index contributed by atoms with van der Waals surface area (Å²) < 4.78 is 12.3. The lowest BCUT2D eigenvalue weighted by Crippen LogP contribution is -2.17. The van der Waals surface area contributed by atoms with Gasteiger partial charge in [0, 0.05) is 48.9 Å². The maximum absolute atomic E-state index is 12.6. The number of rotatable bonds is 9. The minimum absolute atomic E-state index is 0.00584. The molecule has 0 spiro atoms. The van der Waals surface area contributed by atoms with Gasteiger partial charge in [-0.05, 0) is 32.9 Å². The molecule has 156 valence electrons. The van der Waals surface area contributed by atoms with Crippen LogP contribution in [0.1, 0.15) is 45.1 Å². The van der Waals surface area contributed by atoms with Crippen molar-refractivity contribution < 1.29 is 24.0 Å². The molecule has 0 aliphatic carbocycles. The highest BCUT2D eigenvalue weighted by molar-refractivity contribution is 6.02. The number of aryl methyl sites for hydroxylation is 1. The van der Waals surface area contributed by atoms with E-state index in [1.807, 2.05) is 25.3 Å². The van der Waals surface area contributed by atoms with Crippen LogP contribution in [0.4, 0.5) is 11.4 Å². The van der Waals surface area contributed by atoms with Gasteiger partial charge in [-0.3, -0.25) is 14.9 Å². The van der Waals surface area contributed by atoms with Gasteiger partial charge in [-0.2, -0.15) is 0 Å². The summed E-state index contributed by atoms with van der Waals surface area (Å²) in [7, 11) is 3.20. The van der Waals surface area contributed by atoms with E-state index in [0.717, 1.165) is 17.5 Å². The number of esters is 1. The molecular weight excluding hydrogens is 378 g/mol. The van der Waals surface area contributed by atoms with Crippen LogP contribution in [-0.4, -0.2) is 48.6 Å². The Labute approximate surface area is 168 Å². The lowest BCUT2D eigenvalue weighted by atomic mass is 10.1. The van der Waals surface area contributed by atoms with Crippen molar-refractivity contribution in [1.82, 2.24) is 4.57 Å². The first-order valence-electron chi connectivity index (χ1n) is 9.05. The lowest BCUT2D eigenvalue weighted by Gasteiger charge is -2.17. The van der Waals surface area contributed by atoms with E-state index < -0.39 is 17.5 Å². The van der Waals surface area contributed by atoms with Crippen LogP contribution in [0.5, 0.6) is 0 Å². The number of Topliss-reactive ketones (excluding diaryl/α,β-unsaturated/α-hetero) is 1. The summed E-state index contributed by atoms with van der Waals surface area (Å²) in [5.41, 5.74) is 2.26. The molecule has 1 aromatic heterocycles. The van der Waals surface area contributed by atoms with Gasteiger partial charge in [0.05, 0.1) is 23.1 Å². The van der Waals surface area contributed by atoms with E-state index in [0.29, 0.717) is 17.9 Å². The van der Waals surface area contributed by atoms with Crippen LogP contribution in [-0.2, 0) is 9.47 Å². The third-order valence-electron chi connectivity index (χ3n) is 4.67. The number of carbonyl (C=O) groups is 2. The van der Waals surface area contributed by atoms with Crippen molar-refractivity contribution in [2.75, 3.05) is 32.7 Å². The fourth-order valence-corrected chi connectivity index (χ4v) is 3.37. The highest BCUT2D eigenvalue weighted by atomic mass is 16.6. The van der Waals surface area contributed by atoms with Gasteiger partial charge in [-0.1, -0.05) is 0 Å². The third kappa shape index (κ3) is 4.80. The first kappa shape index (κ1) is 22.1. The Kier molecular flexibility index (Phi) is 7.11. The van der Waals surface area contributed by atoms with Crippen molar-refractivity contribution >= 4 is 23.1 Å². The minimum Gasteiger partial charge on any atom is -0.454 e. The van der Waals surface area contributed by atoms with Crippen LogP contribution < -0.4 is 5.32 Å². The fraction of sp³-hybridized carbons (Fsp3) is 0.400. The topological polar surface area (TPSA) is 113 Å². The van der Waals surface area contributed by atoms with Crippen molar-refractivity contribution in [3.63, 3.8) is 0 Å². The zero-order valence-corrected chi connectivity index (χ0v) is 17.1. The number of ether oxygens (including phenoxy) is 2. The Morgan fingerprint density at radius 2 is 1.93 bits per heavy atom. The molecule has 0 radical (unpaired) electrons. The van der Waals surface area contributed by atoms with Crippen molar-refractivity contribution in [2.24, 2.45) is 0 Å². The van der Waals surface area contributed by atoms with Crippen LogP contribution in [0.15, 0.2) is 24.3 Å². The molecule has 0 aliphatic rings. The molecular formula is C20H25N3O6. The van der Waals surface area contributed by atoms with Crippen molar-refractivity contribution in [3.05, 3.63) is 56.9 Å². The van der Waals surface area contributed by atoms with Gasteiger partial charge in [0.25, 0.3) is 5.69 Å². The molecule has 0 bridgehead atoms. The van der Waals surface area contributed by atoms with E-state index in [2.05, 4.69) is 5.32 Å². The van der Waals surface area contributed by atoms with Gasteiger partial charge in [-0.15, -0.1) is 0 Å². The van der Waals surface area contributed by atoms with Gasteiger partial charge in [0.2, 0.25) is 5.78 Å². The maximum Gasteiger partial charge on any atom is 0.340 e. The number of methoxy groups -OCH3 is 1. The van der Waals surface area contributed by atoms with Crippen LogP contribution >= 0.6 is 0 Å². The first-order valence-corrected chi connectivity index (χ1v) is 9.05. The van der Waals surface area contributed by atoms with Gasteiger partial charge in [-0.25, -0.2) is 4.79 Å². The number of hydrogen-bond acceptors (Lipinski definition) is 7. The Balaban J connectivity index is 2.18. The summed E-state index contributed by atoms with van der Waals surface area (Å²) in [6.07, 6.45) is 0. The zero-order chi connectivity index (χ0) is 21.7. The average Bonchev–Trinajstić information content (AvgIpc) is 2.99. The number of nitrogens with zero attached hydrogens (tertiary/aromatic N) is 2. The van der Waals surface area contributed by atoms with Crippen LogP contribution in [0.25, 0.3) is 0 Å². The number of aromatic nitrogens is 1. The van der Waals surface area contributed by atoms with E-state index >= 15 is 0 Å². The Morgan fingerprint density at radius 3 is 2.52 bits per heavy atom. The Bertz CT molecular complexity index is 935. The molecule has 0 saturated carbocycles.